The molecule has 6 nitrogen and oxygen atoms in total. The van der Waals surface area contributed by atoms with Gasteiger partial charge in [-0.15, -0.1) is 0 Å². The van der Waals surface area contributed by atoms with E-state index in [0.717, 1.165) is 58.4 Å². The van der Waals surface area contributed by atoms with Crippen molar-refractivity contribution in [3.63, 3.8) is 0 Å². The van der Waals surface area contributed by atoms with E-state index in [1.807, 2.05) is 32.0 Å². The van der Waals surface area contributed by atoms with Crippen LogP contribution in [0.3, 0.4) is 0 Å². The summed E-state index contributed by atoms with van der Waals surface area (Å²) < 4.78 is 12.2. The van der Waals surface area contributed by atoms with Gasteiger partial charge in [-0.25, -0.2) is 4.98 Å². The van der Waals surface area contributed by atoms with E-state index >= 15 is 0 Å². The number of aliphatic carboxylic acids is 1. The van der Waals surface area contributed by atoms with E-state index in [2.05, 4.69) is 49.2 Å². The topological polar surface area (TPSA) is 92.4 Å². The number of hydrogen-bond acceptors (Lipinski definition) is 5. The van der Waals surface area contributed by atoms with E-state index in [-0.39, 0.29) is 23.4 Å². The molecular weight excluding hydrogens is 476 g/mol. The van der Waals surface area contributed by atoms with Gasteiger partial charge in [-0.3, -0.25) is 4.79 Å². The highest BCUT2D eigenvalue weighted by molar-refractivity contribution is 5.72. The van der Waals surface area contributed by atoms with Gasteiger partial charge >= 0.3 is 5.97 Å². The van der Waals surface area contributed by atoms with E-state index in [1.54, 1.807) is 6.20 Å². The summed E-state index contributed by atoms with van der Waals surface area (Å²) in [7, 11) is 0. The molecule has 0 unspecified atom stereocenters. The van der Waals surface area contributed by atoms with Gasteiger partial charge < -0.3 is 14.6 Å². The van der Waals surface area contributed by atoms with Crippen molar-refractivity contribution >= 4 is 5.97 Å². The highest BCUT2D eigenvalue weighted by Gasteiger charge is 2.42. The van der Waals surface area contributed by atoms with E-state index in [9.17, 15) is 15.2 Å². The van der Waals surface area contributed by atoms with Crippen molar-refractivity contribution < 1.29 is 19.4 Å². The molecule has 2 aromatic carbocycles. The third kappa shape index (κ3) is 5.24. The van der Waals surface area contributed by atoms with Gasteiger partial charge in [0.1, 0.15) is 18.5 Å². The smallest absolute Gasteiger partial charge is 0.307 e. The summed E-state index contributed by atoms with van der Waals surface area (Å²) >= 11 is 0. The van der Waals surface area contributed by atoms with Crippen LogP contribution in [0.4, 0.5) is 0 Å². The molecule has 0 saturated heterocycles. The Morgan fingerprint density at radius 2 is 1.87 bits per heavy atom. The first-order chi connectivity index (χ1) is 18.1. The Balaban J connectivity index is 1.27. The number of carboxylic acid groups (broad SMARTS) is 1. The van der Waals surface area contributed by atoms with Gasteiger partial charge in [-0.1, -0.05) is 25.1 Å². The molecule has 2 atom stereocenters. The van der Waals surface area contributed by atoms with Gasteiger partial charge in [0.25, 0.3) is 0 Å². The Kier molecular flexibility index (Phi) is 6.88. The van der Waals surface area contributed by atoms with Crippen LogP contribution in [-0.4, -0.2) is 22.2 Å². The summed E-state index contributed by atoms with van der Waals surface area (Å²) in [5, 5.41) is 18.7. The molecule has 2 aliphatic carbocycles. The number of nitrogens with zero attached hydrogens (tertiary/aromatic N) is 2. The van der Waals surface area contributed by atoms with Gasteiger partial charge in [-0.05, 0) is 96.7 Å². The van der Waals surface area contributed by atoms with Crippen LogP contribution in [0.25, 0.3) is 11.1 Å². The van der Waals surface area contributed by atoms with E-state index in [4.69, 9.17) is 9.47 Å². The molecule has 2 aliphatic rings. The zero-order chi connectivity index (χ0) is 27.0. The SMILES string of the molecule is Cc1cc(O[C@H]2C[C@@](C)(C#N)C2)cc(C)c1-c1cccc(COc2cc3c(cn2)C[C@@H](C(=O)O)[C@@H](C)C3)c1. The molecule has 1 saturated carbocycles. The number of hydrogen-bond donors (Lipinski definition) is 1. The summed E-state index contributed by atoms with van der Waals surface area (Å²) in [6.45, 7) is 8.58. The molecule has 0 bridgehead atoms. The molecule has 6 heteroatoms. The van der Waals surface area contributed by atoms with Crippen molar-refractivity contribution in [3.05, 3.63) is 76.5 Å². The minimum absolute atomic E-state index is 0.0849. The molecule has 1 aromatic heterocycles. The van der Waals surface area contributed by atoms with Crippen LogP contribution in [0.15, 0.2) is 48.7 Å². The Morgan fingerprint density at radius 3 is 2.55 bits per heavy atom. The molecular formula is C32H34N2O4. The van der Waals surface area contributed by atoms with Crippen LogP contribution < -0.4 is 9.47 Å². The lowest BCUT2D eigenvalue weighted by Gasteiger charge is -2.39. The zero-order valence-electron chi connectivity index (χ0n) is 22.5. The predicted octanol–water partition coefficient (Wildman–Crippen LogP) is 6.45. The van der Waals surface area contributed by atoms with Crippen LogP contribution in [0.5, 0.6) is 11.6 Å². The summed E-state index contributed by atoms with van der Waals surface area (Å²) in [6, 6.07) is 16.9. The normalized spacial score (nSPS) is 24.0. The van der Waals surface area contributed by atoms with Gasteiger partial charge in [-0.2, -0.15) is 5.26 Å². The number of nitriles is 1. The van der Waals surface area contributed by atoms with Crippen molar-refractivity contribution in [1.82, 2.24) is 4.98 Å². The van der Waals surface area contributed by atoms with Crippen molar-refractivity contribution in [2.45, 2.75) is 66.1 Å². The Hall–Kier alpha value is -3.85. The molecule has 0 amide bonds. The number of fused-ring (bicyclic) bond motifs is 1. The first kappa shape index (κ1) is 25.8. The molecule has 0 radical (unpaired) electrons. The van der Waals surface area contributed by atoms with Crippen molar-refractivity contribution in [2.75, 3.05) is 0 Å². The third-order valence-corrected chi connectivity index (χ3v) is 8.08. The number of benzene rings is 2. The third-order valence-electron chi connectivity index (χ3n) is 8.08. The second-order valence-corrected chi connectivity index (χ2v) is 11.4. The number of rotatable bonds is 7. The Labute approximate surface area is 224 Å². The standard InChI is InChI=1S/C32H34N2O4/c1-19-8-24-13-29(34-16-25(24)12-28(19)31(35)36)37-17-22-6-5-7-23(11-22)30-20(2)9-26(10-21(30)3)38-27-14-32(4,15-27)18-33/h5-7,9-11,13,16,19,27-28H,8,12,14-15,17H2,1-4H3,(H,35,36)/t19-,27-,28+,32+/m0/s1. The van der Waals surface area contributed by atoms with Crippen LogP contribution in [-0.2, 0) is 24.2 Å². The van der Waals surface area contributed by atoms with Gasteiger partial charge in [0, 0.05) is 25.1 Å². The summed E-state index contributed by atoms with van der Waals surface area (Å²) in [5.74, 6) is 0.409. The molecule has 196 valence electrons. The number of ether oxygens (including phenoxy) is 2. The molecule has 1 fully saturated rings. The second kappa shape index (κ2) is 10.1. The van der Waals surface area contributed by atoms with E-state index in [1.165, 1.54) is 5.56 Å². The Bertz CT molecular complexity index is 1390. The molecule has 1 N–H and O–H groups in total. The molecule has 5 rings (SSSR count). The second-order valence-electron chi connectivity index (χ2n) is 11.4. The highest BCUT2D eigenvalue weighted by atomic mass is 16.5. The minimum atomic E-state index is -0.738. The van der Waals surface area contributed by atoms with Crippen LogP contribution in [0.2, 0.25) is 0 Å². The fourth-order valence-electron chi connectivity index (χ4n) is 5.95. The van der Waals surface area contributed by atoms with Crippen LogP contribution >= 0.6 is 0 Å². The number of carbonyl (C=O) groups is 1. The van der Waals surface area contributed by atoms with E-state index in [0.29, 0.717) is 18.9 Å². The molecule has 3 aromatic rings. The lowest BCUT2D eigenvalue weighted by molar-refractivity contribution is -0.143. The Morgan fingerprint density at radius 1 is 1.13 bits per heavy atom. The average Bonchev–Trinajstić information content (AvgIpc) is 2.85. The number of pyridine rings is 1. The quantitative estimate of drug-likeness (QED) is 0.393. The van der Waals surface area contributed by atoms with Crippen molar-refractivity contribution in [3.8, 4) is 28.8 Å². The maximum atomic E-state index is 11.5. The monoisotopic (exact) mass is 510 g/mol. The number of aryl methyl sites for hydroxylation is 2. The summed E-state index contributed by atoms with van der Waals surface area (Å²) in [5.41, 5.74) is 7.51. The first-order valence-corrected chi connectivity index (χ1v) is 13.3. The largest absolute Gasteiger partial charge is 0.490 e. The van der Waals surface area contributed by atoms with Crippen LogP contribution in [0, 0.1) is 42.4 Å². The van der Waals surface area contributed by atoms with Crippen LogP contribution in [0.1, 0.15) is 54.5 Å². The van der Waals surface area contributed by atoms with E-state index < -0.39 is 5.97 Å². The molecule has 1 heterocycles. The predicted molar refractivity (Wildman–Crippen MR) is 145 cm³/mol. The zero-order valence-corrected chi connectivity index (χ0v) is 22.5. The summed E-state index contributed by atoms with van der Waals surface area (Å²) in [4.78, 5) is 16.0. The molecule has 38 heavy (non-hydrogen) atoms. The van der Waals surface area contributed by atoms with Crippen molar-refractivity contribution in [1.29, 1.82) is 5.26 Å². The minimum Gasteiger partial charge on any atom is -0.490 e. The van der Waals surface area contributed by atoms with Gasteiger partial charge in [0.2, 0.25) is 5.88 Å². The highest BCUT2D eigenvalue weighted by Crippen LogP contribution is 2.43. The van der Waals surface area contributed by atoms with Gasteiger partial charge in [0.05, 0.1) is 17.4 Å². The molecule has 0 aliphatic heterocycles. The lowest BCUT2D eigenvalue weighted by Crippen LogP contribution is -2.41. The number of aromatic nitrogens is 1. The first-order valence-electron chi connectivity index (χ1n) is 13.3. The fourth-order valence-corrected chi connectivity index (χ4v) is 5.95. The maximum absolute atomic E-state index is 11.5. The average molecular weight is 511 g/mol. The molecule has 0 spiro atoms. The lowest BCUT2D eigenvalue weighted by atomic mass is 9.69. The number of carboxylic acids is 1. The van der Waals surface area contributed by atoms with Crippen molar-refractivity contribution in [2.24, 2.45) is 17.3 Å². The fraction of sp³-hybridized carbons (Fsp3) is 0.406. The summed E-state index contributed by atoms with van der Waals surface area (Å²) in [6.07, 6.45) is 4.65. The van der Waals surface area contributed by atoms with Gasteiger partial charge in [0.15, 0.2) is 0 Å². The maximum Gasteiger partial charge on any atom is 0.307 e.